The Morgan fingerprint density at radius 3 is 2.86 bits per heavy atom. The van der Waals surface area contributed by atoms with Crippen LogP contribution in [0.1, 0.15) is 17.0 Å². The van der Waals surface area contributed by atoms with Crippen LogP contribution >= 0.6 is 11.6 Å². The molecule has 0 radical (unpaired) electrons. The molecule has 0 saturated carbocycles. The quantitative estimate of drug-likeness (QED) is 0.680. The molecule has 2 heterocycles. The predicted octanol–water partition coefficient (Wildman–Crippen LogP) is 3.92. The van der Waals surface area contributed by atoms with Gasteiger partial charge in [0.15, 0.2) is 5.76 Å². The van der Waals surface area contributed by atoms with Gasteiger partial charge in [0.2, 0.25) is 15.9 Å². The van der Waals surface area contributed by atoms with E-state index in [1.165, 1.54) is 10.6 Å². The van der Waals surface area contributed by atoms with Gasteiger partial charge in [-0.2, -0.15) is 4.31 Å². The molecule has 1 aliphatic rings. The zero-order chi connectivity index (χ0) is 19.7. The number of benzene rings is 2. The summed E-state index contributed by atoms with van der Waals surface area (Å²) >= 11 is 6.03. The normalized spacial score (nSPS) is 14.6. The smallest absolute Gasteiger partial charge is 0.214 e. The molecular weight excluding hydrogens is 398 g/mol. The van der Waals surface area contributed by atoms with Crippen LogP contribution in [0.15, 0.2) is 53.1 Å². The van der Waals surface area contributed by atoms with Crippen molar-refractivity contribution in [3.05, 3.63) is 70.7 Å². The molecule has 1 aromatic heterocycles. The molecule has 4 rings (SSSR count). The summed E-state index contributed by atoms with van der Waals surface area (Å²) in [5.74, 6) is 1.24. The van der Waals surface area contributed by atoms with E-state index >= 15 is 0 Å². The van der Waals surface area contributed by atoms with Crippen molar-refractivity contribution in [3.63, 3.8) is 0 Å². The van der Waals surface area contributed by atoms with Gasteiger partial charge in [-0.15, -0.1) is 0 Å². The van der Waals surface area contributed by atoms with E-state index in [1.54, 1.807) is 6.20 Å². The number of aromatic nitrogens is 1. The van der Waals surface area contributed by atoms with Crippen molar-refractivity contribution in [1.29, 1.82) is 0 Å². The Morgan fingerprint density at radius 2 is 2.07 bits per heavy atom. The molecule has 0 saturated heterocycles. The Morgan fingerprint density at radius 1 is 1.25 bits per heavy atom. The lowest BCUT2D eigenvalue weighted by molar-refractivity contribution is 0.395. The summed E-state index contributed by atoms with van der Waals surface area (Å²) in [6.07, 6.45) is 3.61. The first-order valence-electron chi connectivity index (χ1n) is 8.90. The highest BCUT2D eigenvalue weighted by Crippen LogP contribution is 2.28. The summed E-state index contributed by atoms with van der Waals surface area (Å²) in [6.45, 7) is 1.33. The Hall–Kier alpha value is -2.35. The molecule has 3 aromatic rings. The van der Waals surface area contributed by atoms with E-state index in [0.717, 1.165) is 22.4 Å². The second-order valence-corrected chi connectivity index (χ2v) is 9.19. The fourth-order valence-electron chi connectivity index (χ4n) is 3.37. The molecule has 0 bridgehead atoms. The number of nitrogens with zero attached hydrogens (tertiary/aromatic N) is 2. The first-order chi connectivity index (χ1) is 13.4. The third-order valence-electron chi connectivity index (χ3n) is 4.79. The van der Waals surface area contributed by atoms with Crippen LogP contribution in [0.25, 0.3) is 11.3 Å². The fourth-order valence-corrected chi connectivity index (χ4v) is 4.36. The number of sulfonamides is 1. The second-order valence-electron chi connectivity index (χ2n) is 6.77. The number of anilines is 1. The molecule has 1 N–H and O–H groups in total. The van der Waals surface area contributed by atoms with E-state index < -0.39 is 10.0 Å². The van der Waals surface area contributed by atoms with Crippen LogP contribution in [0.4, 0.5) is 5.69 Å². The van der Waals surface area contributed by atoms with Crippen LogP contribution in [0, 0.1) is 0 Å². The molecule has 0 atom stereocenters. The zero-order valence-electron chi connectivity index (χ0n) is 15.4. The van der Waals surface area contributed by atoms with Crippen molar-refractivity contribution in [2.45, 2.75) is 19.5 Å². The van der Waals surface area contributed by atoms with Gasteiger partial charge in [-0.1, -0.05) is 35.9 Å². The first-order valence-corrected chi connectivity index (χ1v) is 11.1. The molecule has 8 heteroatoms. The molecule has 6 nitrogen and oxygen atoms in total. The van der Waals surface area contributed by atoms with E-state index in [1.807, 2.05) is 42.5 Å². The molecule has 0 unspecified atom stereocenters. The Labute approximate surface area is 169 Å². The monoisotopic (exact) mass is 417 g/mol. The van der Waals surface area contributed by atoms with Crippen LogP contribution in [-0.2, 0) is 29.5 Å². The summed E-state index contributed by atoms with van der Waals surface area (Å²) in [7, 11) is -3.18. The Kier molecular flexibility index (Phi) is 5.14. The van der Waals surface area contributed by atoms with E-state index in [2.05, 4.69) is 10.3 Å². The summed E-state index contributed by atoms with van der Waals surface area (Å²) in [4.78, 5) is 4.33. The molecule has 0 amide bonds. The summed E-state index contributed by atoms with van der Waals surface area (Å²) in [5.41, 5.74) is 4.02. The van der Waals surface area contributed by atoms with E-state index in [-0.39, 0.29) is 0 Å². The maximum absolute atomic E-state index is 11.8. The Bertz CT molecular complexity index is 1110. The highest BCUT2D eigenvalue weighted by atomic mass is 35.5. The first kappa shape index (κ1) is 19.0. The average Bonchev–Trinajstić information content (AvgIpc) is 3.14. The minimum atomic E-state index is -3.18. The van der Waals surface area contributed by atoms with Crippen LogP contribution in [-0.4, -0.2) is 30.5 Å². The highest BCUT2D eigenvalue weighted by molar-refractivity contribution is 7.88. The lowest BCUT2D eigenvalue weighted by atomic mass is 9.99. The van der Waals surface area contributed by atoms with Crippen LogP contribution in [0.5, 0.6) is 0 Å². The number of halogens is 1. The summed E-state index contributed by atoms with van der Waals surface area (Å²) < 4.78 is 31.0. The Balaban J connectivity index is 1.48. The predicted molar refractivity (Wildman–Crippen MR) is 110 cm³/mol. The SMILES string of the molecule is CS(=O)(=O)N1CCc2c(cccc2NCc2ncc(-c3cccc(Cl)c3)o2)C1. The van der Waals surface area contributed by atoms with Crippen molar-refractivity contribution >= 4 is 27.3 Å². The number of fused-ring (bicyclic) bond motifs is 1. The summed E-state index contributed by atoms with van der Waals surface area (Å²) in [5, 5.41) is 4.01. The van der Waals surface area contributed by atoms with E-state index in [0.29, 0.717) is 42.7 Å². The fraction of sp³-hybridized carbons (Fsp3) is 0.250. The van der Waals surface area contributed by atoms with Crippen LogP contribution < -0.4 is 5.32 Å². The standard InChI is InChI=1S/C20H20ClN3O3S/c1-28(25,26)24-9-8-17-15(13-24)5-3-7-18(17)22-12-20-23-11-19(27-20)14-4-2-6-16(21)10-14/h2-7,10-11,22H,8-9,12-13H2,1H3. The topological polar surface area (TPSA) is 75.4 Å². The lowest BCUT2D eigenvalue weighted by Crippen LogP contribution is -2.35. The molecular formula is C20H20ClN3O3S. The molecule has 0 aliphatic carbocycles. The highest BCUT2D eigenvalue weighted by Gasteiger charge is 2.24. The van der Waals surface area contributed by atoms with Crippen molar-refractivity contribution in [3.8, 4) is 11.3 Å². The van der Waals surface area contributed by atoms with Gasteiger partial charge in [-0.25, -0.2) is 13.4 Å². The summed E-state index contributed by atoms with van der Waals surface area (Å²) in [6, 6.07) is 13.3. The van der Waals surface area contributed by atoms with Crippen molar-refractivity contribution < 1.29 is 12.8 Å². The zero-order valence-corrected chi connectivity index (χ0v) is 16.9. The van der Waals surface area contributed by atoms with Gasteiger partial charge < -0.3 is 9.73 Å². The van der Waals surface area contributed by atoms with Crippen molar-refractivity contribution in [2.24, 2.45) is 0 Å². The largest absolute Gasteiger partial charge is 0.439 e. The minimum Gasteiger partial charge on any atom is -0.439 e. The average molecular weight is 418 g/mol. The number of rotatable bonds is 5. The molecule has 0 fully saturated rings. The molecule has 1 aliphatic heterocycles. The van der Waals surface area contributed by atoms with Gasteiger partial charge in [-0.3, -0.25) is 0 Å². The van der Waals surface area contributed by atoms with E-state index in [4.69, 9.17) is 16.0 Å². The van der Waals surface area contributed by atoms with Gasteiger partial charge in [0.05, 0.1) is 19.0 Å². The van der Waals surface area contributed by atoms with E-state index in [9.17, 15) is 8.42 Å². The van der Waals surface area contributed by atoms with Gasteiger partial charge in [-0.05, 0) is 35.7 Å². The third-order valence-corrected chi connectivity index (χ3v) is 6.28. The van der Waals surface area contributed by atoms with Crippen molar-refractivity contribution in [2.75, 3.05) is 18.1 Å². The van der Waals surface area contributed by atoms with Gasteiger partial charge in [0.1, 0.15) is 0 Å². The number of hydrogen-bond donors (Lipinski definition) is 1. The molecule has 28 heavy (non-hydrogen) atoms. The number of nitrogens with one attached hydrogen (secondary N) is 1. The third kappa shape index (κ3) is 4.06. The lowest BCUT2D eigenvalue weighted by Gasteiger charge is -2.28. The van der Waals surface area contributed by atoms with Crippen molar-refractivity contribution in [1.82, 2.24) is 9.29 Å². The van der Waals surface area contributed by atoms with Crippen LogP contribution in [0.3, 0.4) is 0 Å². The van der Waals surface area contributed by atoms with Gasteiger partial charge in [0.25, 0.3) is 0 Å². The number of hydrogen-bond acceptors (Lipinski definition) is 5. The van der Waals surface area contributed by atoms with Crippen LogP contribution in [0.2, 0.25) is 5.02 Å². The second kappa shape index (κ2) is 7.58. The number of oxazole rings is 1. The van der Waals surface area contributed by atoms with Gasteiger partial charge in [0, 0.05) is 29.4 Å². The minimum absolute atomic E-state index is 0.404. The molecule has 146 valence electrons. The molecule has 0 spiro atoms. The molecule has 2 aromatic carbocycles. The van der Waals surface area contributed by atoms with Gasteiger partial charge >= 0.3 is 0 Å². The maximum Gasteiger partial charge on any atom is 0.214 e. The maximum atomic E-state index is 11.8.